The SMILES string of the molecule is O=C(NCC(=O)N1CCN(S(=O)(=O)c2ccc3[nH]c(=O)sc3c2)CC1)c1cccs1. The van der Waals surface area contributed by atoms with Crippen LogP contribution in [0.15, 0.2) is 45.4 Å². The number of hydrogen-bond acceptors (Lipinski definition) is 7. The number of sulfonamides is 1. The highest BCUT2D eigenvalue weighted by Crippen LogP contribution is 2.23. The van der Waals surface area contributed by atoms with Gasteiger partial charge in [0.05, 0.1) is 26.5 Å². The highest BCUT2D eigenvalue weighted by molar-refractivity contribution is 7.89. The number of benzene rings is 1. The van der Waals surface area contributed by atoms with Crippen molar-refractivity contribution in [2.75, 3.05) is 32.7 Å². The van der Waals surface area contributed by atoms with Crippen molar-refractivity contribution in [3.05, 3.63) is 50.3 Å². The Labute approximate surface area is 180 Å². The number of thiophene rings is 1. The Balaban J connectivity index is 1.36. The molecule has 0 unspecified atom stereocenters. The Morgan fingerprint density at radius 1 is 1.13 bits per heavy atom. The predicted molar refractivity (Wildman–Crippen MR) is 114 cm³/mol. The number of amides is 2. The van der Waals surface area contributed by atoms with Crippen molar-refractivity contribution in [2.24, 2.45) is 0 Å². The number of aromatic nitrogens is 1. The molecule has 1 fully saturated rings. The van der Waals surface area contributed by atoms with Crippen LogP contribution in [0.4, 0.5) is 0 Å². The van der Waals surface area contributed by atoms with E-state index in [1.807, 2.05) is 0 Å². The van der Waals surface area contributed by atoms with Gasteiger partial charge in [0.15, 0.2) is 0 Å². The third-order valence-corrected chi connectivity index (χ3v) is 8.38. The zero-order chi connectivity index (χ0) is 21.3. The molecule has 0 aliphatic carbocycles. The van der Waals surface area contributed by atoms with Crippen LogP contribution in [0.3, 0.4) is 0 Å². The van der Waals surface area contributed by atoms with Crippen molar-refractivity contribution in [3.63, 3.8) is 0 Å². The van der Waals surface area contributed by atoms with Gasteiger partial charge < -0.3 is 15.2 Å². The van der Waals surface area contributed by atoms with Crippen LogP contribution >= 0.6 is 22.7 Å². The summed E-state index contributed by atoms with van der Waals surface area (Å²) in [5.41, 5.74) is 0.601. The second-order valence-corrected chi connectivity index (χ2v) is 10.5. The van der Waals surface area contributed by atoms with Gasteiger partial charge in [-0.3, -0.25) is 14.4 Å². The Hall–Kier alpha value is -2.54. The lowest BCUT2D eigenvalue weighted by Crippen LogP contribution is -2.52. The fourth-order valence-electron chi connectivity index (χ4n) is 3.18. The molecule has 30 heavy (non-hydrogen) atoms. The first kappa shape index (κ1) is 20.7. The quantitative estimate of drug-likeness (QED) is 0.579. The molecule has 0 bridgehead atoms. The number of fused-ring (bicyclic) bond motifs is 1. The van der Waals surface area contributed by atoms with Gasteiger partial charge in [-0.25, -0.2) is 8.42 Å². The van der Waals surface area contributed by atoms with Crippen molar-refractivity contribution >= 4 is 54.7 Å². The average Bonchev–Trinajstić information content (AvgIpc) is 3.40. The van der Waals surface area contributed by atoms with E-state index in [1.165, 1.54) is 27.8 Å². The van der Waals surface area contributed by atoms with Gasteiger partial charge in [0.25, 0.3) is 5.91 Å². The van der Waals surface area contributed by atoms with Gasteiger partial charge in [0.1, 0.15) is 0 Å². The van der Waals surface area contributed by atoms with E-state index in [-0.39, 0.29) is 54.3 Å². The zero-order valence-electron chi connectivity index (χ0n) is 15.7. The summed E-state index contributed by atoms with van der Waals surface area (Å²) in [6, 6.07) is 7.98. The van der Waals surface area contributed by atoms with Crippen LogP contribution in [0.1, 0.15) is 9.67 Å². The summed E-state index contributed by atoms with van der Waals surface area (Å²) in [6.45, 7) is 0.675. The molecule has 3 heterocycles. The highest BCUT2D eigenvalue weighted by atomic mass is 32.2. The number of nitrogens with zero attached hydrogens (tertiary/aromatic N) is 2. The Kier molecular flexibility index (Phi) is 5.73. The largest absolute Gasteiger partial charge is 0.342 e. The molecule has 4 rings (SSSR count). The maximum absolute atomic E-state index is 12.9. The molecule has 1 aromatic carbocycles. The monoisotopic (exact) mass is 466 g/mol. The number of carbonyl (C=O) groups excluding carboxylic acids is 2. The number of carbonyl (C=O) groups is 2. The summed E-state index contributed by atoms with van der Waals surface area (Å²) >= 11 is 2.25. The Morgan fingerprint density at radius 3 is 2.60 bits per heavy atom. The zero-order valence-corrected chi connectivity index (χ0v) is 18.1. The molecular weight excluding hydrogens is 448 g/mol. The van der Waals surface area contributed by atoms with Crippen LogP contribution < -0.4 is 10.2 Å². The van der Waals surface area contributed by atoms with Crippen LogP contribution in [0.5, 0.6) is 0 Å². The lowest BCUT2D eigenvalue weighted by molar-refractivity contribution is -0.131. The first-order valence-corrected chi connectivity index (χ1v) is 12.2. The second-order valence-electron chi connectivity index (χ2n) is 6.62. The molecular formula is C18H18N4O5S3. The molecule has 9 nitrogen and oxygen atoms in total. The molecule has 12 heteroatoms. The van der Waals surface area contributed by atoms with E-state index in [4.69, 9.17) is 0 Å². The van der Waals surface area contributed by atoms with E-state index in [1.54, 1.807) is 28.5 Å². The number of piperazine rings is 1. The van der Waals surface area contributed by atoms with Gasteiger partial charge >= 0.3 is 4.87 Å². The predicted octanol–water partition coefficient (Wildman–Crippen LogP) is 0.914. The smallest absolute Gasteiger partial charge is 0.305 e. The fraction of sp³-hybridized carbons (Fsp3) is 0.278. The minimum Gasteiger partial charge on any atom is -0.342 e. The summed E-state index contributed by atoms with van der Waals surface area (Å²) in [6.07, 6.45) is 0. The van der Waals surface area contributed by atoms with Gasteiger partial charge in [-0.15, -0.1) is 11.3 Å². The van der Waals surface area contributed by atoms with E-state index >= 15 is 0 Å². The van der Waals surface area contributed by atoms with Crippen LogP contribution in [0, 0.1) is 0 Å². The van der Waals surface area contributed by atoms with E-state index in [2.05, 4.69) is 10.3 Å². The first-order valence-electron chi connectivity index (χ1n) is 9.07. The van der Waals surface area contributed by atoms with E-state index in [0.717, 1.165) is 11.3 Å². The molecule has 1 aliphatic rings. The lowest BCUT2D eigenvalue weighted by atomic mass is 10.3. The van der Waals surface area contributed by atoms with Crippen molar-refractivity contribution in [1.29, 1.82) is 0 Å². The van der Waals surface area contributed by atoms with E-state index < -0.39 is 10.0 Å². The summed E-state index contributed by atoms with van der Waals surface area (Å²) in [7, 11) is -3.73. The number of thiazole rings is 1. The van der Waals surface area contributed by atoms with Crippen LogP contribution in [-0.4, -0.2) is 67.1 Å². The average molecular weight is 467 g/mol. The first-order chi connectivity index (χ1) is 14.3. The highest BCUT2D eigenvalue weighted by Gasteiger charge is 2.30. The Bertz CT molecular complexity index is 1240. The Morgan fingerprint density at radius 2 is 1.90 bits per heavy atom. The van der Waals surface area contributed by atoms with Crippen LogP contribution in [0.2, 0.25) is 0 Å². The van der Waals surface area contributed by atoms with Crippen molar-refractivity contribution < 1.29 is 18.0 Å². The standard InChI is InChI=1S/C18H18N4O5S3/c23-16(11-19-17(24)14-2-1-9-28-14)21-5-7-22(8-6-21)30(26,27)12-3-4-13-15(10-12)29-18(25)20-13/h1-4,9-10H,5-8,11H2,(H,19,24)(H,20,25). The third kappa shape index (κ3) is 4.17. The van der Waals surface area contributed by atoms with Crippen molar-refractivity contribution in [3.8, 4) is 0 Å². The molecule has 1 aliphatic heterocycles. The molecule has 0 spiro atoms. The molecule has 0 radical (unpaired) electrons. The number of nitrogens with one attached hydrogen (secondary N) is 2. The lowest BCUT2D eigenvalue weighted by Gasteiger charge is -2.34. The summed E-state index contributed by atoms with van der Waals surface area (Å²) < 4.78 is 27.8. The third-order valence-electron chi connectivity index (χ3n) is 4.77. The molecule has 3 aromatic rings. The molecule has 0 atom stereocenters. The molecule has 2 aromatic heterocycles. The number of hydrogen-bond donors (Lipinski definition) is 2. The van der Waals surface area contributed by atoms with Gasteiger partial charge in [0, 0.05) is 26.2 Å². The van der Waals surface area contributed by atoms with Crippen molar-refractivity contribution in [1.82, 2.24) is 19.5 Å². The van der Waals surface area contributed by atoms with E-state index in [0.29, 0.717) is 15.1 Å². The minimum atomic E-state index is -3.73. The maximum Gasteiger partial charge on any atom is 0.305 e. The van der Waals surface area contributed by atoms with Gasteiger partial charge in [-0.05, 0) is 29.6 Å². The minimum absolute atomic E-state index is 0.119. The van der Waals surface area contributed by atoms with E-state index in [9.17, 15) is 22.8 Å². The number of rotatable bonds is 5. The van der Waals surface area contributed by atoms with Crippen LogP contribution in [-0.2, 0) is 14.8 Å². The van der Waals surface area contributed by atoms with Crippen molar-refractivity contribution in [2.45, 2.75) is 4.90 Å². The molecule has 0 saturated carbocycles. The fourth-order valence-corrected chi connectivity index (χ4v) is 6.11. The summed E-state index contributed by atoms with van der Waals surface area (Å²) in [5, 5.41) is 4.37. The topological polar surface area (TPSA) is 120 Å². The summed E-state index contributed by atoms with van der Waals surface area (Å²) in [5.74, 6) is -0.558. The number of H-pyrrole nitrogens is 1. The molecule has 158 valence electrons. The number of aromatic amines is 1. The molecule has 1 saturated heterocycles. The molecule has 2 amide bonds. The molecule has 2 N–H and O–H groups in total. The summed E-state index contributed by atoms with van der Waals surface area (Å²) in [4.78, 5) is 40.4. The van der Waals surface area contributed by atoms with Gasteiger partial charge in [-0.1, -0.05) is 17.4 Å². The normalized spacial score (nSPS) is 15.4. The second kappa shape index (κ2) is 8.30. The van der Waals surface area contributed by atoms with Gasteiger partial charge in [-0.2, -0.15) is 4.31 Å². The van der Waals surface area contributed by atoms with Crippen LogP contribution in [0.25, 0.3) is 10.2 Å². The van der Waals surface area contributed by atoms with Gasteiger partial charge in [0.2, 0.25) is 15.9 Å². The maximum atomic E-state index is 12.9.